The Labute approximate surface area is 369 Å². The molecular formula is C47H50N2O11S2. The first-order valence-electron chi connectivity index (χ1n) is 20.1. The zero-order chi connectivity index (χ0) is 44.3. The second-order valence-corrected chi connectivity index (χ2v) is 17.8. The van der Waals surface area contributed by atoms with Crippen LogP contribution in [0.3, 0.4) is 0 Å². The van der Waals surface area contributed by atoms with E-state index < -0.39 is 29.6 Å². The zero-order valence-corrected chi connectivity index (χ0v) is 37.0. The van der Waals surface area contributed by atoms with Gasteiger partial charge in [0, 0.05) is 76.8 Å². The summed E-state index contributed by atoms with van der Waals surface area (Å²) in [5, 5.41) is 26.3. The molecule has 0 spiro atoms. The van der Waals surface area contributed by atoms with Crippen molar-refractivity contribution >= 4 is 47.3 Å². The Balaban J connectivity index is 0.000000162. The quantitative estimate of drug-likeness (QED) is 0.127. The van der Waals surface area contributed by atoms with Crippen molar-refractivity contribution < 1.29 is 53.4 Å². The number of rotatable bonds is 6. The van der Waals surface area contributed by atoms with Gasteiger partial charge in [-0.15, -0.1) is 11.8 Å². The smallest absolute Gasteiger partial charge is 0.328 e. The number of nitrogens with zero attached hydrogens (tertiary/aromatic N) is 2. The number of carboxylic acid groups (broad SMARTS) is 2. The van der Waals surface area contributed by atoms with Crippen LogP contribution < -0.4 is 23.7 Å². The molecule has 62 heavy (non-hydrogen) atoms. The summed E-state index contributed by atoms with van der Waals surface area (Å²) >= 11 is 3.79. The first-order valence-corrected chi connectivity index (χ1v) is 22.1. The molecule has 0 amide bonds. The SMILES string of the molecule is COc1cc2c(cc1OC)C1C(=O)c3c(O)cc4c(c3OC1CO2)C=CC(C)(C)O4.CSc1ccc2c(c1)C(N1CCN(C)CC1)Cc1ccccc1S2.O=C(O)C=CC(=O)O. The van der Waals surface area contributed by atoms with Gasteiger partial charge in [0.1, 0.15) is 46.9 Å². The molecule has 1 fully saturated rings. The number of phenols is 1. The molecule has 4 aromatic carbocycles. The minimum Gasteiger partial charge on any atom is -0.507 e. The number of carboxylic acids is 2. The van der Waals surface area contributed by atoms with Crippen LogP contribution in [0.4, 0.5) is 0 Å². The van der Waals surface area contributed by atoms with Gasteiger partial charge in [-0.3, -0.25) is 9.69 Å². The fourth-order valence-electron chi connectivity index (χ4n) is 8.09. The largest absolute Gasteiger partial charge is 0.507 e. The van der Waals surface area contributed by atoms with Crippen molar-refractivity contribution in [2.75, 3.05) is 60.3 Å². The maximum Gasteiger partial charge on any atom is 0.328 e. The Morgan fingerprint density at radius 2 is 1.60 bits per heavy atom. The van der Waals surface area contributed by atoms with E-state index in [9.17, 15) is 19.5 Å². The Morgan fingerprint density at radius 1 is 0.903 bits per heavy atom. The topological polar surface area (TPSA) is 165 Å². The van der Waals surface area contributed by atoms with Crippen LogP contribution >= 0.6 is 23.5 Å². The number of likely N-dealkylation sites (N-methyl/N-ethyl adjacent to an activating group) is 1. The minimum absolute atomic E-state index is 0.158. The van der Waals surface area contributed by atoms with Gasteiger partial charge in [-0.1, -0.05) is 30.0 Å². The highest BCUT2D eigenvalue weighted by Crippen LogP contribution is 2.52. The van der Waals surface area contributed by atoms with Crippen LogP contribution in [0, 0.1) is 0 Å². The summed E-state index contributed by atoms with van der Waals surface area (Å²) in [5.41, 5.74) is 3.94. The molecule has 15 heteroatoms. The highest BCUT2D eigenvalue weighted by Gasteiger charge is 2.46. The Morgan fingerprint density at radius 3 is 2.27 bits per heavy atom. The summed E-state index contributed by atoms with van der Waals surface area (Å²) in [6.07, 6.45) is 7.64. The number of aliphatic carboxylic acids is 2. The van der Waals surface area contributed by atoms with Crippen LogP contribution in [-0.4, -0.2) is 115 Å². The molecule has 5 aliphatic heterocycles. The molecule has 9 rings (SSSR count). The molecule has 0 aromatic heterocycles. The number of benzene rings is 4. The maximum absolute atomic E-state index is 13.6. The molecule has 0 radical (unpaired) electrons. The monoisotopic (exact) mass is 882 g/mol. The lowest BCUT2D eigenvalue weighted by Gasteiger charge is -2.39. The van der Waals surface area contributed by atoms with Gasteiger partial charge in [0.25, 0.3) is 0 Å². The number of phenolic OH excluding ortho intramolecular Hbond substituents is 1. The molecule has 3 unspecified atom stereocenters. The molecule has 0 aliphatic carbocycles. The van der Waals surface area contributed by atoms with E-state index in [1.807, 2.05) is 49.5 Å². The number of ketones is 1. The molecule has 5 heterocycles. The number of ether oxygens (including phenoxy) is 5. The van der Waals surface area contributed by atoms with Gasteiger partial charge in [-0.05, 0) is 87.2 Å². The van der Waals surface area contributed by atoms with Crippen molar-refractivity contribution in [1.29, 1.82) is 0 Å². The van der Waals surface area contributed by atoms with Crippen molar-refractivity contribution in [3.63, 3.8) is 0 Å². The second-order valence-electron chi connectivity index (χ2n) is 15.8. The second kappa shape index (κ2) is 18.8. The minimum atomic E-state index is -1.26. The summed E-state index contributed by atoms with van der Waals surface area (Å²) in [6.45, 7) is 8.69. The van der Waals surface area contributed by atoms with Crippen LogP contribution in [0.15, 0.2) is 93.6 Å². The third kappa shape index (κ3) is 9.55. The lowest BCUT2D eigenvalue weighted by Crippen LogP contribution is -2.46. The number of hydrogen-bond acceptors (Lipinski definition) is 13. The van der Waals surface area contributed by atoms with Gasteiger partial charge in [0.2, 0.25) is 0 Å². The molecule has 4 aromatic rings. The standard InChI is InChI=1S/C23H22O7.C20H24N2S2.C4H4O4/c1-23(2)6-5-11-15(30-23)8-13(24)20-21(25)19-12-7-16(26-3)17(27-4)9-14(12)28-10-18(19)29-22(11)20;1-21-9-11-22(12-10-21)18-13-15-5-3-4-6-19(15)24-20-8-7-16(23-2)14-17(18)20;5-3(6)1-2-4(7)8/h5-9,18-19,24H,10H2,1-4H3;3-8,14,18H,9-13H2,1-2H3;1-2H,(H,5,6)(H,7,8). The fourth-order valence-corrected chi connectivity index (χ4v) is 9.65. The van der Waals surface area contributed by atoms with E-state index in [-0.39, 0.29) is 23.7 Å². The van der Waals surface area contributed by atoms with E-state index in [1.165, 1.54) is 52.1 Å². The van der Waals surface area contributed by atoms with E-state index in [4.69, 9.17) is 33.9 Å². The lowest BCUT2D eigenvalue weighted by atomic mass is 9.80. The number of Topliss-reactive ketones (excluding diaryl/α,β-unsaturated/α-hetero) is 1. The van der Waals surface area contributed by atoms with E-state index >= 15 is 0 Å². The van der Waals surface area contributed by atoms with Gasteiger partial charge in [-0.2, -0.15) is 0 Å². The number of thioether (sulfide) groups is 1. The number of fused-ring (bicyclic) bond motifs is 8. The summed E-state index contributed by atoms with van der Waals surface area (Å²) in [4.78, 5) is 42.0. The van der Waals surface area contributed by atoms with Crippen LogP contribution in [0.2, 0.25) is 0 Å². The Bertz CT molecular complexity index is 2410. The molecule has 1 saturated heterocycles. The van der Waals surface area contributed by atoms with Crippen LogP contribution in [0.5, 0.6) is 34.5 Å². The van der Waals surface area contributed by atoms with E-state index in [0.717, 1.165) is 19.5 Å². The maximum atomic E-state index is 13.6. The van der Waals surface area contributed by atoms with Crippen molar-refractivity contribution in [3.8, 4) is 34.5 Å². The first kappa shape index (κ1) is 44.4. The lowest BCUT2D eigenvalue weighted by molar-refractivity contribution is -0.134. The number of carbonyl (C=O) groups is 3. The predicted octanol–water partition coefficient (Wildman–Crippen LogP) is 7.83. The van der Waals surface area contributed by atoms with Gasteiger partial charge in [0.05, 0.1) is 25.7 Å². The van der Waals surface area contributed by atoms with Crippen LogP contribution in [0.25, 0.3) is 6.08 Å². The van der Waals surface area contributed by atoms with Gasteiger partial charge >= 0.3 is 11.9 Å². The van der Waals surface area contributed by atoms with E-state index in [0.29, 0.717) is 58.1 Å². The first-order chi connectivity index (χ1) is 29.7. The Kier molecular flexibility index (Phi) is 13.5. The van der Waals surface area contributed by atoms with Crippen molar-refractivity contribution in [2.24, 2.45) is 0 Å². The molecule has 3 atom stereocenters. The molecule has 326 valence electrons. The van der Waals surface area contributed by atoms with Gasteiger partial charge in [0.15, 0.2) is 17.3 Å². The van der Waals surface area contributed by atoms with Crippen molar-refractivity contribution in [1.82, 2.24) is 9.80 Å². The highest BCUT2D eigenvalue weighted by molar-refractivity contribution is 7.99. The normalized spacial score (nSPS) is 20.5. The third-order valence-corrected chi connectivity index (χ3v) is 13.2. The third-order valence-electron chi connectivity index (χ3n) is 11.2. The molecule has 0 bridgehead atoms. The summed E-state index contributed by atoms with van der Waals surface area (Å²) < 4.78 is 28.8. The number of carbonyl (C=O) groups excluding carboxylic acids is 1. The number of aromatic hydroxyl groups is 1. The molecule has 0 saturated carbocycles. The van der Waals surface area contributed by atoms with Crippen molar-refractivity contribution in [3.05, 3.63) is 107 Å². The summed E-state index contributed by atoms with van der Waals surface area (Å²) in [6, 6.07) is 21.4. The average Bonchev–Trinajstić information content (AvgIpc) is 3.41. The fraction of sp³-hybridized carbons (Fsp3) is 0.340. The van der Waals surface area contributed by atoms with Crippen molar-refractivity contribution in [2.45, 2.75) is 58.6 Å². The average molecular weight is 883 g/mol. The molecule has 13 nitrogen and oxygen atoms in total. The zero-order valence-electron chi connectivity index (χ0n) is 35.4. The van der Waals surface area contributed by atoms with Crippen LogP contribution in [0.1, 0.15) is 58.4 Å². The predicted molar refractivity (Wildman–Crippen MR) is 237 cm³/mol. The highest BCUT2D eigenvalue weighted by atomic mass is 32.2. The number of piperazine rings is 1. The van der Waals surface area contributed by atoms with Gasteiger partial charge in [-0.25, -0.2) is 9.59 Å². The summed E-state index contributed by atoms with van der Waals surface area (Å²) in [5.74, 6) is -1.17. The Hall–Kier alpha value is -5.61. The van der Waals surface area contributed by atoms with Crippen LogP contribution in [-0.2, 0) is 16.0 Å². The van der Waals surface area contributed by atoms with E-state index in [1.54, 1.807) is 19.2 Å². The molecular weight excluding hydrogens is 833 g/mol. The summed E-state index contributed by atoms with van der Waals surface area (Å²) in [7, 11) is 5.31. The molecule has 3 N–H and O–H groups in total. The molecule has 5 aliphatic rings. The van der Waals surface area contributed by atoms with E-state index in [2.05, 4.69) is 65.6 Å². The van der Waals surface area contributed by atoms with Gasteiger partial charge < -0.3 is 43.9 Å². The number of hydrogen-bond donors (Lipinski definition) is 3. The number of methoxy groups -OCH3 is 2.